The third kappa shape index (κ3) is 5.71. The molecule has 2 amide bonds. The predicted octanol–water partition coefficient (Wildman–Crippen LogP) is 1.31. The smallest absolute Gasteiger partial charge is 0.325 e. The Morgan fingerprint density at radius 3 is 2.59 bits per heavy atom. The fourth-order valence-electron chi connectivity index (χ4n) is 2.93. The van der Waals surface area contributed by atoms with Crippen LogP contribution in [0.1, 0.15) is 43.0 Å². The van der Waals surface area contributed by atoms with Crippen LogP contribution in [0.3, 0.4) is 0 Å². The monoisotopic (exact) mass is 373 g/mol. The van der Waals surface area contributed by atoms with Crippen LogP contribution < -0.4 is 15.4 Å². The molecule has 8 heteroatoms. The van der Waals surface area contributed by atoms with Gasteiger partial charge in [0.2, 0.25) is 0 Å². The zero-order chi connectivity index (χ0) is 19.7. The molecule has 0 spiro atoms. The summed E-state index contributed by atoms with van der Waals surface area (Å²) in [5.41, 5.74) is -0.553. The van der Waals surface area contributed by atoms with Gasteiger partial charge in [0.25, 0.3) is 11.8 Å². The van der Waals surface area contributed by atoms with Gasteiger partial charge in [0.05, 0.1) is 18.2 Å². The van der Waals surface area contributed by atoms with Crippen LogP contribution in [0.2, 0.25) is 0 Å². The van der Waals surface area contributed by atoms with E-state index < -0.39 is 29.9 Å². The molecule has 0 bridgehead atoms. The fraction of sp³-hybridized carbons (Fsp3) is 0.474. The Morgan fingerprint density at radius 1 is 1.22 bits per heavy atom. The predicted molar refractivity (Wildman–Crippen MR) is 95.9 cm³/mol. The summed E-state index contributed by atoms with van der Waals surface area (Å²) in [6, 6.07) is 8.81. The number of para-hydroxylation sites is 1. The maximum atomic E-state index is 12.2. The van der Waals surface area contributed by atoms with E-state index in [1.807, 2.05) is 0 Å². The third-order valence-corrected chi connectivity index (χ3v) is 4.24. The molecule has 0 atom stereocenters. The first-order valence-corrected chi connectivity index (χ1v) is 8.87. The number of ether oxygens (including phenoxy) is 2. The molecular formula is C19H23N3O5. The van der Waals surface area contributed by atoms with Crippen molar-refractivity contribution in [3.05, 3.63) is 29.8 Å². The topological polar surface area (TPSA) is 118 Å². The van der Waals surface area contributed by atoms with Crippen molar-refractivity contribution < 1.29 is 23.9 Å². The summed E-state index contributed by atoms with van der Waals surface area (Å²) in [6.07, 6.45) is 2.95. The number of carbonyl (C=O) groups is 3. The van der Waals surface area contributed by atoms with Crippen molar-refractivity contribution in [2.75, 3.05) is 19.8 Å². The average Bonchev–Trinajstić information content (AvgIpc) is 3.14. The highest BCUT2D eigenvalue weighted by molar-refractivity contribution is 5.98. The lowest BCUT2D eigenvalue weighted by Gasteiger charge is -2.21. The number of benzene rings is 1. The maximum Gasteiger partial charge on any atom is 0.325 e. The molecule has 0 radical (unpaired) electrons. The molecule has 1 aliphatic carbocycles. The second-order valence-corrected chi connectivity index (χ2v) is 6.22. The van der Waals surface area contributed by atoms with Gasteiger partial charge < -0.3 is 20.1 Å². The van der Waals surface area contributed by atoms with Crippen molar-refractivity contribution in [3.63, 3.8) is 0 Å². The van der Waals surface area contributed by atoms with Crippen molar-refractivity contribution >= 4 is 17.8 Å². The third-order valence-electron chi connectivity index (χ3n) is 4.24. The zero-order valence-corrected chi connectivity index (χ0v) is 15.2. The Labute approximate surface area is 157 Å². The Morgan fingerprint density at radius 2 is 1.93 bits per heavy atom. The van der Waals surface area contributed by atoms with E-state index in [1.165, 1.54) is 0 Å². The van der Waals surface area contributed by atoms with E-state index in [9.17, 15) is 19.6 Å². The standard InChI is InChI=1S/C19H23N3O5/c1-2-26-15-8-4-3-7-14(15)18(25)21-11-17(24)27-12-16(23)22-19(13-20)9-5-6-10-19/h3-4,7-8H,2,5-6,9-12H2,1H3,(H,21,25)(H,22,23). The summed E-state index contributed by atoms with van der Waals surface area (Å²) < 4.78 is 10.2. The molecule has 0 aliphatic heterocycles. The van der Waals surface area contributed by atoms with Crippen molar-refractivity contribution in [3.8, 4) is 11.8 Å². The fourth-order valence-corrected chi connectivity index (χ4v) is 2.93. The molecule has 2 N–H and O–H groups in total. The molecule has 0 unspecified atom stereocenters. The lowest BCUT2D eigenvalue weighted by Crippen LogP contribution is -2.47. The molecule has 0 heterocycles. The van der Waals surface area contributed by atoms with Gasteiger partial charge in [-0.25, -0.2) is 0 Å². The zero-order valence-electron chi connectivity index (χ0n) is 15.2. The van der Waals surface area contributed by atoms with Crippen molar-refractivity contribution in [1.29, 1.82) is 5.26 Å². The number of hydrogen-bond donors (Lipinski definition) is 2. The van der Waals surface area contributed by atoms with Crippen LogP contribution in [0.4, 0.5) is 0 Å². The first-order valence-electron chi connectivity index (χ1n) is 8.87. The summed E-state index contributed by atoms with van der Waals surface area (Å²) in [6.45, 7) is 1.34. The molecule has 0 aromatic heterocycles. The summed E-state index contributed by atoms with van der Waals surface area (Å²) in [5, 5.41) is 14.3. The Balaban J connectivity index is 1.77. The quantitative estimate of drug-likeness (QED) is 0.664. The van der Waals surface area contributed by atoms with Crippen LogP contribution >= 0.6 is 0 Å². The van der Waals surface area contributed by atoms with Crippen LogP contribution in [0.5, 0.6) is 5.75 Å². The second-order valence-electron chi connectivity index (χ2n) is 6.22. The van der Waals surface area contributed by atoms with Gasteiger partial charge in [0.15, 0.2) is 6.61 Å². The Kier molecular flexibility index (Phi) is 7.17. The first-order chi connectivity index (χ1) is 13.0. The normalized spacial score (nSPS) is 14.7. The second kappa shape index (κ2) is 9.57. The van der Waals surface area contributed by atoms with E-state index in [0.717, 1.165) is 12.8 Å². The van der Waals surface area contributed by atoms with Crippen LogP contribution in [0.25, 0.3) is 0 Å². The molecule has 1 aromatic carbocycles. The number of nitrogens with zero attached hydrogens (tertiary/aromatic N) is 1. The lowest BCUT2D eigenvalue weighted by molar-refractivity contribution is -0.147. The summed E-state index contributed by atoms with van der Waals surface area (Å²) in [5.74, 6) is -1.33. The number of nitrogens with one attached hydrogen (secondary N) is 2. The van der Waals surface area contributed by atoms with E-state index in [1.54, 1.807) is 31.2 Å². The molecule has 1 aromatic rings. The lowest BCUT2D eigenvalue weighted by atomic mass is 10.00. The minimum Gasteiger partial charge on any atom is -0.493 e. The van der Waals surface area contributed by atoms with Crippen LogP contribution in [-0.4, -0.2) is 43.1 Å². The van der Waals surface area contributed by atoms with Crippen molar-refractivity contribution in [1.82, 2.24) is 10.6 Å². The Bertz CT molecular complexity index is 735. The van der Waals surface area contributed by atoms with E-state index in [-0.39, 0.29) is 6.54 Å². The highest BCUT2D eigenvalue weighted by Gasteiger charge is 2.35. The van der Waals surface area contributed by atoms with E-state index in [0.29, 0.717) is 30.8 Å². The van der Waals surface area contributed by atoms with Gasteiger partial charge in [-0.05, 0) is 44.7 Å². The highest BCUT2D eigenvalue weighted by Crippen LogP contribution is 2.28. The number of rotatable bonds is 8. The minimum absolute atomic E-state index is 0.307. The molecular weight excluding hydrogens is 350 g/mol. The summed E-state index contributed by atoms with van der Waals surface area (Å²) in [7, 11) is 0. The number of nitriles is 1. The maximum absolute atomic E-state index is 12.2. The van der Waals surface area contributed by atoms with Gasteiger partial charge in [0.1, 0.15) is 17.8 Å². The molecule has 2 rings (SSSR count). The molecule has 1 saturated carbocycles. The molecule has 8 nitrogen and oxygen atoms in total. The number of hydrogen-bond acceptors (Lipinski definition) is 6. The van der Waals surface area contributed by atoms with E-state index >= 15 is 0 Å². The van der Waals surface area contributed by atoms with Gasteiger partial charge in [-0.15, -0.1) is 0 Å². The molecule has 27 heavy (non-hydrogen) atoms. The number of carbonyl (C=O) groups excluding carboxylic acids is 3. The minimum atomic E-state index is -0.860. The van der Waals surface area contributed by atoms with Gasteiger partial charge in [-0.1, -0.05) is 12.1 Å². The van der Waals surface area contributed by atoms with Crippen LogP contribution in [0.15, 0.2) is 24.3 Å². The van der Waals surface area contributed by atoms with Crippen molar-refractivity contribution in [2.45, 2.75) is 38.1 Å². The number of esters is 1. The Hall–Kier alpha value is -3.08. The van der Waals surface area contributed by atoms with Gasteiger partial charge in [-0.3, -0.25) is 14.4 Å². The van der Waals surface area contributed by atoms with E-state index in [2.05, 4.69) is 16.7 Å². The highest BCUT2D eigenvalue weighted by atomic mass is 16.5. The molecule has 0 saturated heterocycles. The van der Waals surface area contributed by atoms with Crippen LogP contribution in [-0.2, 0) is 14.3 Å². The molecule has 1 aliphatic rings. The molecule has 144 valence electrons. The largest absolute Gasteiger partial charge is 0.493 e. The van der Waals surface area contributed by atoms with Gasteiger partial charge in [0, 0.05) is 0 Å². The van der Waals surface area contributed by atoms with Crippen molar-refractivity contribution in [2.24, 2.45) is 0 Å². The summed E-state index contributed by atoms with van der Waals surface area (Å²) >= 11 is 0. The molecule has 1 fully saturated rings. The average molecular weight is 373 g/mol. The first kappa shape index (κ1) is 20.2. The number of amides is 2. The van der Waals surface area contributed by atoms with Crippen LogP contribution in [0, 0.1) is 11.3 Å². The van der Waals surface area contributed by atoms with E-state index in [4.69, 9.17) is 9.47 Å². The van der Waals surface area contributed by atoms with Gasteiger partial charge in [-0.2, -0.15) is 5.26 Å². The summed E-state index contributed by atoms with van der Waals surface area (Å²) in [4.78, 5) is 35.8. The SMILES string of the molecule is CCOc1ccccc1C(=O)NCC(=O)OCC(=O)NC1(C#N)CCCC1. The van der Waals surface area contributed by atoms with Gasteiger partial charge >= 0.3 is 5.97 Å².